The van der Waals surface area contributed by atoms with Gasteiger partial charge in [0.1, 0.15) is 0 Å². The molecule has 13 heavy (non-hydrogen) atoms. The van der Waals surface area contributed by atoms with Crippen molar-refractivity contribution in [1.29, 1.82) is 0 Å². The summed E-state index contributed by atoms with van der Waals surface area (Å²) in [6.45, 7) is 4.54. The van der Waals surface area contributed by atoms with Crippen molar-refractivity contribution >= 4 is 18.3 Å². The van der Waals surface area contributed by atoms with Crippen LogP contribution in [0.4, 0.5) is 5.69 Å². The van der Waals surface area contributed by atoms with Gasteiger partial charge in [-0.05, 0) is 43.5 Å². The van der Waals surface area contributed by atoms with Crippen molar-refractivity contribution in [1.82, 2.24) is 0 Å². The molecule has 0 unspecified atom stereocenters. The summed E-state index contributed by atoms with van der Waals surface area (Å²) in [7, 11) is 0. The summed E-state index contributed by atoms with van der Waals surface area (Å²) < 4.78 is 0. The highest BCUT2D eigenvalue weighted by Crippen LogP contribution is 2.24. The Bertz CT molecular complexity index is 303. The fourth-order valence-electron chi connectivity index (χ4n) is 1.81. The number of nitrogens with zero attached hydrogens (tertiary/aromatic N) is 1. The van der Waals surface area contributed by atoms with E-state index in [1.54, 1.807) is 0 Å². The van der Waals surface area contributed by atoms with E-state index >= 15 is 0 Å². The quantitative estimate of drug-likeness (QED) is 0.671. The number of hydrogen-bond donors (Lipinski definition) is 1. The fourth-order valence-corrected chi connectivity index (χ4v) is 1.95. The van der Waals surface area contributed by atoms with E-state index in [0.717, 1.165) is 4.90 Å². The summed E-state index contributed by atoms with van der Waals surface area (Å²) in [5.74, 6) is 0. The lowest BCUT2D eigenvalue weighted by Crippen LogP contribution is -2.17. The maximum Gasteiger partial charge on any atom is 0.0369 e. The van der Waals surface area contributed by atoms with Gasteiger partial charge in [0.15, 0.2) is 0 Å². The molecule has 0 saturated carbocycles. The first kappa shape index (κ1) is 8.95. The first-order chi connectivity index (χ1) is 6.27. The molecule has 0 bridgehead atoms. The molecule has 2 heteroatoms. The van der Waals surface area contributed by atoms with E-state index < -0.39 is 0 Å². The Labute approximate surface area is 85.2 Å². The van der Waals surface area contributed by atoms with Crippen molar-refractivity contribution in [2.75, 3.05) is 18.0 Å². The van der Waals surface area contributed by atoms with E-state index in [2.05, 4.69) is 42.7 Å². The molecule has 0 radical (unpaired) electrons. The van der Waals surface area contributed by atoms with Gasteiger partial charge < -0.3 is 4.90 Å². The Balaban J connectivity index is 2.25. The Hall–Kier alpha value is -0.630. The molecule has 1 heterocycles. The molecule has 1 aromatic carbocycles. The van der Waals surface area contributed by atoms with Gasteiger partial charge in [0.2, 0.25) is 0 Å². The van der Waals surface area contributed by atoms with Gasteiger partial charge in [-0.25, -0.2) is 0 Å². The van der Waals surface area contributed by atoms with E-state index in [1.807, 2.05) is 0 Å². The molecule has 0 atom stereocenters. The normalized spacial score (nSPS) is 16.6. The van der Waals surface area contributed by atoms with Crippen LogP contribution in [0.25, 0.3) is 0 Å². The van der Waals surface area contributed by atoms with Crippen molar-refractivity contribution in [2.24, 2.45) is 0 Å². The highest BCUT2D eigenvalue weighted by molar-refractivity contribution is 7.80. The standard InChI is InChI=1S/C11H15NS/c1-9-8-10(4-5-11(9)13)12-6-2-3-7-12/h4-5,8,13H,2-3,6-7H2,1H3. The number of aryl methyl sites for hydroxylation is 1. The lowest BCUT2D eigenvalue weighted by molar-refractivity contribution is 0.949. The van der Waals surface area contributed by atoms with E-state index in [0.29, 0.717) is 0 Å². The van der Waals surface area contributed by atoms with Gasteiger partial charge in [0.05, 0.1) is 0 Å². The molecule has 1 saturated heterocycles. The highest BCUT2D eigenvalue weighted by atomic mass is 32.1. The maximum absolute atomic E-state index is 4.37. The van der Waals surface area contributed by atoms with Crippen LogP contribution < -0.4 is 4.90 Å². The van der Waals surface area contributed by atoms with Gasteiger partial charge in [-0.1, -0.05) is 0 Å². The van der Waals surface area contributed by atoms with E-state index in [1.165, 1.54) is 37.2 Å². The fraction of sp³-hybridized carbons (Fsp3) is 0.455. The second kappa shape index (κ2) is 3.62. The first-order valence-electron chi connectivity index (χ1n) is 4.82. The van der Waals surface area contributed by atoms with E-state index in [-0.39, 0.29) is 0 Å². The molecular weight excluding hydrogens is 178 g/mol. The number of benzene rings is 1. The zero-order valence-corrected chi connectivity index (χ0v) is 8.85. The smallest absolute Gasteiger partial charge is 0.0369 e. The molecule has 1 aliphatic heterocycles. The second-order valence-corrected chi connectivity index (χ2v) is 4.15. The lowest BCUT2D eigenvalue weighted by Gasteiger charge is -2.18. The largest absolute Gasteiger partial charge is 0.372 e. The zero-order valence-electron chi connectivity index (χ0n) is 7.95. The first-order valence-corrected chi connectivity index (χ1v) is 5.26. The minimum Gasteiger partial charge on any atom is -0.372 e. The Morgan fingerprint density at radius 1 is 1.23 bits per heavy atom. The second-order valence-electron chi connectivity index (χ2n) is 3.66. The summed E-state index contributed by atoms with van der Waals surface area (Å²) in [4.78, 5) is 3.53. The summed E-state index contributed by atoms with van der Waals surface area (Å²) in [6.07, 6.45) is 2.67. The Morgan fingerprint density at radius 3 is 2.54 bits per heavy atom. The maximum atomic E-state index is 4.37. The number of hydrogen-bond acceptors (Lipinski definition) is 2. The van der Waals surface area contributed by atoms with Gasteiger partial charge in [-0.3, -0.25) is 0 Å². The van der Waals surface area contributed by atoms with Gasteiger partial charge in [-0.2, -0.15) is 0 Å². The average molecular weight is 193 g/mol. The molecule has 70 valence electrons. The van der Waals surface area contributed by atoms with E-state index in [4.69, 9.17) is 0 Å². The third kappa shape index (κ3) is 1.83. The SMILES string of the molecule is Cc1cc(N2CCCC2)ccc1S. The Kier molecular flexibility index (Phi) is 2.49. The molecule has 0 N–H and O–H groups in total. The van der Waals surface area contributed by atoms with Crippen LogP contribution in [-0.2, 0) is 0 Å². The van der Waals surface area contributed by atoms with Gasteiger partial charge in [0, 0.05) is 23.7 Å². The molecule has 1 nitrogen and oxygen atoms in total. The summed E-state index contributed by atoms with van der Waals surface area (Å²) in [5.41, 5.74) is 2.63. The van der Waals surface area contributed by atoms with Crippen LogP contribution in [0, 0.1) is 6.92 Å². The van der Waals surface area contributed by atoms with Gasteiger partial charge in [-0.15, -0.1) is 12.6 Å². The predicted octanol–water partition coefficient (Wildman–Crippen LogP) is 2.88. The van der Waals surface area contributed by atoms with Crippen LogP contribution in [0.2, 0.25) is 0 Å². The number of anilines is 1. The van der Waals surface area contributed by atoms with Crippen LogP contribution in [-0.4, -0.2) is 13.1 Å². The summed E-state index contributed by atoms with van der Waals surface area (Å²) in [6, 6.07) is 6.49. The third-order valence-corrected chi connectivity index (χ3v) is 3.15. The molecule has 0 spiro atoms. The average Bonchev–Trinajstić information content (AvgIpc) is 2.62. The lowest BCUT2D eigenvalue weighted by atomic mass is 10.2. The number of thiol groups is 1. The number of rotatable bonds is 1. The van der Waals surface area contributed by atoms with Crippen LogP contribution in [0.1, 0.15) is 18.4 Å². The molecule has 2 rings (SSSR count). The molecular formula is C11H15NS. The van der Waals surface area contributed by atoms with Crippen LogP contribution in [0.15, 0.2) is 23.1 Å². The summed E-state index contributed by atoms with van der Waals surface area (Å²) in [5, 5.41) is 0. The molecule has 0 amide bonds. The Morgan fingerprint density at radius 2 is 1.92 bits per heavy atom. The van der Waals surface area contributed by atoms with Crippen molar-refractivity contribution in [3.63, 3.8) is 0 Å². The highest BCUT2D eigenvalue weighted by Gasteiger charge is 2.12. The molecule has 0 aromatic heterocycles. The molecule has 1 aromatic rings. The molecule has 0 aliphatic carbocycles. The monoisotopic (exact) mass is 193 g/mol. The topological polar surface area (TPSA) is 3.24 Å². The van der Waals surface area contributed by atoms with Crippen molar-refractivity contribution < 1.29 is 0 Å². The van der Waals surface area contributed by atoms with Crippen LogP contribution >= 0.6 is 12.6 Å². The summed E-state index contributed by atoms with van der Waals surface area (Å²) >= 11 is 4.37. The van der Waals surface area contributed by atoms with Crippen molar-refractivity contribution in [3.8, 4) is 0 Å². The van der Waals surface area contributed by atoms with Crippen LogP contribution in [0.3, 0.4) is 0 Å². The predicted molar refractivity (Wildman–Crippen MR) is 59.9 cm³/mol. The van der Waals surface area contributed by atoms with Crippen LogP contribution in [0.5, 0.6) is 0 Å². The zero-order chi connectivity index (χ0) is 9.26. The van der Waals surface area contributed by atoms with Crippen molar-refractivity contribution in [3.05, 3.63) is 23.8 Å². The third-order valence-electron chi connectivity index (χ3n) is 2.65. The van der Waals surface area contributed by atoms with Crippen molar-refractivity contribution in [2.45, 2.75) is 24.7 Å². The minimum absolute atomic E-state index is 1.09. The molecule has 1 aliphatic rings. The molecule has 1 fully saturated rings. The van der Waals surface area contributed by atoms with E-state index in [9.17, 15) is 0 Å². The minimum atomic E-state index is 1.09. The van der Waals surface area contributed by atoms with Gasteiger partial charge in [0.25, 0.3) is 0 Å². The van der Waals surface area contributed by atoms with Gasteiger partial charge >= 0.3 is 0 Å².